The summed E-state index contributed by atoms with van der Waals surface area (Å²) in [5, 5.41) is 16.0. The average molecular weight is 472 g/mol. The third-order valence-corrected chi connectivity index (χ3v) is 6.63. The molecule has 1 heterocycles. The number of aryl methyl sites for hydroxylation is 3. The van der Waals surface area contributed by atoms with Crippen LogP contribution in [0.1, 0.15) is 28.1 Å². The number of rotatable bonds is 8. The molecule has 0 radical (unpaired) electrons. The number of benzene rings is 3. The maximum atomic E-state index is 12.7. The Morgan fingerprint density at radius 2 is 1.56 bits per heavy atom. The largest absolute Gasteiger partial charge is 0.378 e. The van der Waals surface area contributed by atoms with Crippen molar-refractivity contribution in [1.29, 1.82) is 0 Å². The number of amides is 1. The molecular weight excluding hydrogens is 442 g/mol. The lowest BCUT2D eigenvalue weighted by molar-refractivity contribution is -0.113. The van der Waals surface area contributed by atoms with Gasteiger partial charge in [-0.2, -0.15) is 0 Å². The van der Waals surface area contributed by atoms with Gasteiger partial charge in [-0.15, -0.1) is 10.2 Å². The van der Waals surface area contributed by atoms with E-state index in [1.165, 1.54) is 22.9 Å². The van der Waals surface area contributed by atoms with E-state index < -0.39 is 0 Å². The van der Waals surface area contributed by atoms with E-state index in [1.807, 2.05) is 48.7 Å². The minimum atomic E-state index is -0.0727. The molecule has 0 fully saturated rings. The maximum Gasteiger partial charge on any atom is 0.234 e. The highest BCUT2D eigenvalue weighted by molar-refractivity contribution is 7.99. The minimum Gasteiger partial charge on any atom is -0.378 e. The molecule has 0 aliphatic rings. The van der Waals surface area contributed by atoms with Crippen molar-refractivity contribution in [2.75, 3.05) is 16.4 Å². The van der Waals surface area contributed by atoms with Crippen molar-refractivity contribution in [3.63, 3.8) is 0 Å². The molecular formula is C27H29N5OS. The number of nitrogens with one attached hydrogen (secondary N) is 2. The monoisotopic (exact) mass is 471 g/mol. The highest BCUT2D eigenvalue weighted by Crippen LogP contribution is 2.24. The van der Waals surface area contributed by atoms with Crippen molar-refractivity contribution < 1.29 is 4.79 Å². The second-order valence-electron chi connectivity index (χ2n) is 8.37. The summed E-state index contributed by atoms with van der Waals surface area (Å²) in [6, 6.07) is 22.4. The summed E-state index contributed by atoms with van der Waals surface area (Å²) < 4.78 is 2.01. The Balaban J connectivity index is 1.51. The van der Waals surface area contributed by atoms with Crippen LogP contribution in [0.15, 0.2) is 71.9 Å². The molecule has 0 unspecified atom stereocenters. The van der Waals surface area contributed by atoms with Crippen LogP contribution in [0.25, 0.3) is 5.69 Å². The molecule has 0 spiro atoms. The normalized spacial score (nSPS) is 10.8. The quantitative estimate of drug-likeness (QED) is 0.316. The molecule has 0 saturated heterocycles. The number of hydrogen-bond acceptors (Lipinski definition) is 5. The minimum absolute atomic E-state index is 0.0727. The fraction of sp³-hybridized carbons (Fsp3) is 0.222. The zero-order valence-corrected chi connectivity index (χ0v) is 20.7. The van der Waals surface area contributed by atoms with Crippen molar-refractivity contribution >= 4 is 29.0 Å². The highest BCUT2D eigenvalue weighted by Gasteiger charge is 2.16. The van der Waals surface area contributed by atoms with Crippen molar-refractivity contribution in [2.45, 2.75) is 39.4 Å². The van der Waals surface area contributed by atoms with Gasteiger partial charge < -0.3 is 10.6 Å². The van der Waals surface area contributed by atoms with E-state index >= 15 is 0 Å². The Morgan fingerprint density at radius 3 is 2.26 bits per heavy atom. The van der Waals surface area contributed by atoms with Crippen molar-refractivity contribution in [2.24, 2.45) is 0 Å². The fourth-order valence-corrected chi connectivity index (χ4v) is 4.29. The van der Waals surface area contributed by atoms with Gasteiger partial charge in [-0.3, -0.25) is 9.36 Å². The third kappa shape index (κ3) is 5.66. The third-order valence-electron chi connectivity index (χ3n) is 5.71. The highest BCUT2D eigenvalue weighted by atomic mass is 32.2. The summed E-state index contributed by atoms with van der Waals surface area (Å²) in [5.74, 6) is 0.946. The molecule has 4 aromatic rings. The SMILES string of the molecule is Cc1ccc(NCc2nnc(SCC(=O)Nc3cccc(C)c3C)n2-c2ccc(C)cc2)cc1. The molecule has 0 atom stereocenters. The predicted molar refractivity (Wildman–Crippen MR) is 140 cm³/mol. The maximum absolute atomic E-state index is 12.7. The summed E-state index contributed by atoms with van der Waals surface area (Å²) in [7, 11) is 0. The van der Waals surface area contributed by atoms with Gasteiger partial charge in [-0.05, 0) is 69.2 Å². The second-order valence-corrected chi connectivity index (χ2v) is 9.32. The van der Waals surface area contributed by atoms with E-state index in [9.17, 15) is 4.79 Å². The summed E-state index contributed by atoms with van der Waals surface area (Å²) in [6.45, 7) is 8.69. The summed E-state index contributed by atoms with van der Waals surface area (Å²) in [6.07, 6.45) is 0. The summed E-state index contributed by atoms with van der Waals surface area (Å²) in [4.78, 5) is 12.7. The molecule has 34 heavy (non-hydrogen) atoms. The van der Waals surface area contributed by atoms with Gasteiger partial charge in [-0.1, -0.05) is 59.3 Å². The molecule has 6 nitrogen and oxygen atoms in total. The topological polar surface area (TPSA) is 71.8 Å². The molecule has 0 aliphatic heterocycles. The second kappa shape index (κ2) is 10.6. The first-order chi connectivity index (χ1) is 16.4. The number of anilines is 2. The van der Waals surface area contributed by atoms with E-state index in [0.717, 1.165) is 34.0 Å². The number of nitrogens with zero attached hydrogens (tertiary/aromatic N) is 3. The summed E-state index contributed by atoms with van der Waals surface area (Å²) >= 11 is 1.38. The van der Waals surface area contributed by atoms with Gasteiger partial charge in [0.1, 0.15) is 0 Å². The molecule has 2 N–H and O–H groups in total. The van der Waals surface area contributed by atoms with E-state index in [2.05, 4.69) is 71.1 Å². The van der Waals surface area contributed by atoms with Gasteiger partial charge in [0.25, 0.3) is 0 Å². The molecule has 1 amide bonds. The fourth-order valence-electron chi connectivity index (χ4n) is 3.52. The Kier molecular flexibility index (Phi) is 7.33. The van der Waals surface area contributed by atoms with E-state index in [4.69, 9.17) is 0 Å². The van der Waals surface area contributed by atoms with Gasteiger partial charge in [-0.25, -0.2) is 0 Å². The van der Waals surface area contributed by atoms with Crippen LogP contribution in [0.4, 0.5) is 11.4 Å². The lowest BCUT2D eigenvalue weighted by atomic mass is 10.1. The van der Waals surface area contributed by atoms with Crippen LogP contribution in [-0.2, 0) is 11.3 Å². The van der Waals surface area contributed by atoms with Crippen molar-refractivity contribution in [1.82, 2.24) is 14.8 Å². The molecule has 1 aromatic heterocycles. The van der Waals surface area contributed by atoms with Crippen LogP contribution in [-0.4, -0.2) is 26.4 Å². The molecule has 0 aliphatic carbocycles. The Bertz CT molecular complexity index is 1280. The van der Waals surface area contributed by atoms with Crippen LogP contribution >= 0.6 is 11.8 Å². The van der Waals surface area contributed by atoms with E-state index in [1.54, 1.807) is 0 Å². The van der Waals surface area contributed by atoms with Crippen molar-refractivity contribution in [3.8, 4) is 5.69 Å². The smallest absolute Gasteiger partial charge is 0.234 e. The van der Waals surface area contributed by atoms with Gasteiger partial charge >= 0.3 is 0 Å². The molecule has 0 bridgehead atoms. The van der Waals surface area contributed by atoms with E-state index in [-0.39, 0.29) is 11.7 Å². The number of aromatic nitrogens is 3. The lowest BCUT2D eigenvalue weighted by Gasteiger charge is -2.13. The Labute approximate surface area is 204 Å². The van der Waals surface area contributed by atoms with Crippen LogP contribution in [0, 0.1) is 27.7 Å². The first kappa shape index (κ1) is 23.6. The first-order valence-electron chi connectivity index (χ1n) is 11.2. The van der Waals surface area contributed by atoms with Gasteiger partial charge in [0.05, 0.1) is 12.3 Å². The number of carbonyl (C=O) groups excluding carboxylic acids is 1. The van der Waals surface area contributed by atoms with Gasteiger partial charge in [0, 0.05) is 17.1 Å². The average Bonchev–Trinajstić information content (AvgIpc) is 3.23. The van der Waals surface area contributed by atoms with Crippen LogP contribution in [0.3, 0.4) is 0 Å². The Morgan fingerprint density at radius 1 is 0.882 bits per heavy atom. The van der Waals surface area contributed by atoms with E-state index in [0.29, 0.717) is 11.7 Å². The predicted octanol–water partition coefficient (Wildman–Crippen LogP) is 5.84. The number of hydrogen-bond donors (Lipinski definition) is 2. The van der Waals surface area contributed by atoms with Gasteiger partial charge in [0.2, 0.25) is 5.91 Å². The molecule has 3 aromatic carbocycles. The number of thioether (sulfide) groups is 1. The Hall–Kier alpha value is -3.58. The molecule has 174 valence electrons. The van der Waals surface area contributed by atoms with Crippen LogP contribution < -0.4 is 10.6 Å². The first-order valence-corrected chi connectivity index (χ1v) is 12.2. The summed E-state index contributed by atoms with van der Waals surface area (Å²) in [5.41, 5.74) is 7.45. The number of carbonyl (C=O) groups is 1. The van der Waals surface area contributed by atoms with Gasteiger partial charge in [0.15, 0.2) is 11.0 Å². The molecule has 0 saturated carbocycles. The lowest BCUT2D eigenvalue weighted by Crippen LogP contribution is -2.16. The zero-order valence-electron chi connectivity index (χ0n) is 19.9. The standard InChI is InChI=1S/C27H29N5OS/c1-18-8-12-22(13-9-18)28-16-25-30-31-27(32(25)23-14-10-19(2)11-15-23)34-17-26(33)29-24-7-5-6-20(3)21(24)4/h5-15,28H,16-17H2,1-4H3,(H,29,33). The molecule has 7 heteroatoms. The van der Waals surface area contributed by atoms with Crippen molar-refractivity contribution in [3.05, 3.63) is 94.8 Å². The van der Waals surface area contributed by atoms with Crippen LogP contribution in [0.2, 0.25) is 0 Å². The molecule has 4 rings (SSSR count). The van der Waals surface area contributed by atoms with Crippen LogP contribution in [0.5, 0.6) is 0 Å². The zero-order chi connectivity index (χ0) is 24.1.